The highest BCUT2D eigenvalue weighted by Crippen LogP contribution is 2.11. The largest absolute Gasteiger partial charge is 0.482 e. The summed E-state index contributed by atoms with van der Waals surface area (Å²) in [5.74, 6) is -1.12. The number of carbonyl (C=O) groups excluding carboxylic acids is 3. The molecule has 3 amide bonds. The second kappa shape index (κ2) is 9.80. The molecular weight excluding hydrogens is 358 g/mol. The highest BCUT2D eigenvalue weighted by molar-refractivity contribution is 7.09. The molecule has 0 spiro atoms. The predicted octanol–water partition coefficient (Wildman–Crippen LogP) is 1.57. The number of carbonyl (C=O) groups is 3. The van der Waals surface area contributed by atoms with Gasteiger partial charge in [-0.3, -0.25) is 10.1 Å². The minimum atomic E-state index is -0.761. The first-order valence-electron chi connectivity index (χ1n) is 7.45. The van der Waals surface area contributed by atoms with E-state index in [1.54, 1.807) is 12.1 Å². The van der Waals surface area contributed by atoms with Crippen LogP contribution in [-0.4, -0.2) is 31.1 Å². The fourth-order valence-corrected chi connectivity index (χ4v) is 2.39. The standard InChI is InChI=1S/C17H15N3O5S/c18-8-12-3-5-13(6-4-12)24-11-16(22)25-10-15(21)20-17(23)19-9-14-2-1-7-26-14/h1-7H,9-11H2,(H2,19,20,21,23). The second-order valence-electron chi connectivity index (χ2n) is 4.90. The quantitative estimate of drug-likeness (QED) is 0.712. The number of nitrogens with zero attached hydrogens (tertiary/aromatic N) is 1. The van der Waals surface area contributed by atoms with Crippen molar-refractivity contribution in [2.24, 2.45) is 0 Å². The Bertz CT molecular complexity index is 797. The summed E-state index contributed by atoms with van der Waals surface area (Å²) in [7, 11) is 0. The number of nitriles is 1. The van der Waals surface area contributed by atoms with Crippen LogP contribution in [0.2, 0.25) is 0 Å². The van der Waals surface area contributed by atoms with Crippen molar-refractivity contribution in [3.63, 3.8) is 0 Å². The van der Waals surface area contributed by atoms with E-state index < -0.39 is 31.1 Å². The van der Waals surface area contributed by atoms with Gasteiger partial charge < -0.3 is 14.8 Å². The van der Waals surface area contributed by atoms with Gasteiger partial charge in [0, 0.05) is 4.88 Å². The van der Waals surface area contributed by atoms with E-state index in [4.69, 9.17) is 14.7 Å². The van der Waals surface area contributed by atoms with Crippen LogP contribution >= 0.6 is 11.3 Å². The summed E-state index contributed by atoms with van der Waals surface area (Å²) in [4.78, 5) is 35.6. The number of urea groups is 1. The van der Waals surface area contributed by atoms with Crippen LogP contribution in [0.3, 0.4) is 0 Å². The van der Waals surface area contributed by atoms with Crippen LogP contribution in [0.4, 0.5) is 4.79 Å². The average molecular weight is 373 g/mol. The first-order chi connectivity index (χ1) is 12.6. The fourth-order valence-electron chi connectivity index (χ4n) is 1.74. The number of imide groups is 1. The van der Waals surface area contributed by atoms with Gasteiger partial charge in [0.25, 0.3) is 5.91 Å². The molecule has 0 saturated carbocycles. The van der Waals surface area contributed by atoms with Crippen molar-refractivity contribution in [2.75, 3.05) is 13.2 Å². The summed E-state index contributed by atoms with van der Waals surface area (Å²) >= 11 is 1.48. The average Bonchev–Trinajstić information content (AvgIpc) is 3.17. The molecule has 134 valence electrons. The first-order valence-corrected chi connectivity index (χ1v) is 8.33. The molecule has 2 rings (SSSR count). The van der Waals surface area contributed by atoms with Gasteiger partial charge in [-0.15, -0.1) is 11.3 Å². The Hall–Kier alpha value is -3.38. The molecule has 1 aromatic heterocycles. The van der Waals surface area contributed by atoms with Crippen LogP contribution in [-0.2, 0) is 20.9 Å². The van der Waals surface area contributed by atoms with Crippen molar-refractivity contribution in [1.29, 1.82) is 5.26 Å². The van der Waals surface area contributed by atoms with Crippen LogP contribution < -0.4 is 15.4 Å². The van der Waals surface area contributed by atoms with Gasteiger partial charge in [-0.2, -0.15) is 5.26 Å². The van der Waals surface area contributed by atoms with Crippen molar-refractivity contribution in [3.05, 3.63) is 52.2 Å². The zero-order chi connectivity index (χ0) is 18.8. The molecule has 0 aliphatic rings. The molecule has 8 nitrogen and oxygen atoms in total. The third kappa shape index (κ3) is 6.62. The molecule has 1 aromatic carbocycles. The van der Waals surface area contributed by atoms with Gasteiger partial charge >= 0.3 is 12.0 Å². The highest BCUT2D eigenvalue weighted by atomic mass is 32.1. The van der Waals surface area contributed by atoms with Crippen molar-refractivity contribution in [2.45, 2.75) is 6.54 Å². The second-order valence-corrected chi connectivity index (χ2v) is 5.93. The summed E-state index contributed by atoms with van der Waals surface area (Å²) < 4.78 is 9.88. The Morgan fingerprint density at radius 2 is 1.88 bits per heavy atom. The minimum Gasteiger partial charge on any atom is -0.482 e. The zero-order valence-electron chi connectivity index (χ0n) is 13.6. The molecule has 0 aliphatic heterocycles. The Kier molecular flexibility index (Phi) is 7.15. The molecule has 1 heterocycles. The van der Waals surface area contributed by atoms with E-state index in [1.807, 2.05) is 23.6 Å². The molecule has 0 atom stereocenters. The minimum absolute atomic E-state index is 0.301. The van der Waals surface area contributed by atoms with E-state index in [0.29, 0.717) is 17.9 Å². The molecule has 0 bridgehead atoms. The monoisotopic (exact) mass is 373 g/mol. The van der Waals surface area contributed by atoms with Gasteiger partial charge in [0.2, 0.25) is 0 Å². The fraction of sp³-hybridized carbons (Fsp3) is 0.176. The third-order valence-corrected chi connectivity index (χ3v) is 3.84. The van der Waals surface area contributed by atoms with E-state index in [-0.39, 0.29) is 0 Å². The summed E-state index contributed by atoms with van der Waals surface area (Å²) in [5.41, 5.74) is 0.467. The first kappa shape index (κ1) is 19.0. The van der Waals surface area contributed by atoms with Gasteiger partial charge in [-0.1, -0.05) is 6.07 Å². The molecule has 2 N–H and O–H groups in total. The summed E-state index contributed by atoms with van der Waals surface area (Å²) in [5, 5.41) is 15.1. The molecule has 9 heteroatoms. The molecular formula is C17H15N3O5S. The maximum absolute atomic E-state index is 11.5. The number of hydrogen-bond acceptors (Lipinski definition) is 7. The van der Waals surface area contributed by atoms with Crippen LogP contribution in [0.1, 0.15) is 10.4 Å². The van der Waals surface area contributed by atoms with Gasteiger partial charge in [-0.05, 0) is 35.7 Å². The van der Waals surface area contributed by atoms with E-state index in [2.05, 4.69) is 10.6 Å². The summed E-state index contributed by atoms with van der Waals surface area (Å²) in [6.45, 7) is -0.694. The number of hydrogen-bond donors (Lipinski definition) is 2. The summed E-state index contributed by atoms with van der Waals surface area (Å²) in [6, 6.07) is 11.2. The molecule has 2 aromatic rings. The van der Waals surface area contributed by atoms with Crippen molar-refractivity contribution in [1.82, 2.24) is 10.6 Å². The number of rotatable bonds is 7. The van der Waals surface area contributed by atoms with Crippen LogP contribution in [0.15, 0.2) is 41.8 Å². The van der Waals surface area contributed by atoms with E-state index in [9.17, 15) is 14.4 Å². The lowest BCUT2D eigenvalue weighted by atomic mass is 10.2. The Morgan fingerprint density at radius 1 is 1.12 bits per heavy atom. The summed E-state index contributed by atoms with van der Waals surface area (Å²) in [6.07, 6.45) is 0. The van der Waals surface area contributed by atoms with Gasteiger partial charge in [-0.25, -0.2) is 9.59 Å². The number of nitrogens with one attached hydrogen (secondary N) is 2. The number of ether oxygens (including phenoxy) is 2. The van der Waals surface area contributed by atoms with Gasteiger partial charge in [0.15, 0.2) is 13.2 Å². The third-order valence-electron chi connectivity index (χ3n) is 2.96. The maximum Gasteiger partial charge on any atom is 0.344 e. The lowest BCUT2D eigenvalue weighted by Crippen LogP contribution is -2.41. The van der Waals surface area contributed by atoms with E-state index in [1.165, 1.54) is 23.5 Å². The molecule has 0 saturated heterocycles. The molecule has 0 fully saturated rings. The van der Waals surface area contributed by atoms with E-state index >= 15 is 0 Å². The molecule has 26 heavy (non-hydrogen) atoms. The molecule has 0 aliphatic carbocycles. The number of esters is 1. The molecule has 0 unspecified atom stereocenters. The van der Waals surface area contributed by atoms with Crippen molar-refractivity contribution < 1.29 is 23.9 Å². The number of benzene rings is 1. The van der Waals surface area contributed by atoms with E-state index in [0.717, 1.165) is 4.88 Å². The normalized spacial score (nSPS) is 9.65. The van der Waals surface area contributed by atoms with Crippen LogP contribution in [0.5, 0.6) is 5.75 Å². The lowest BCUT2D eigenvalue weighted by Gasteiger charge is -2.08. The zero-order valence-corrected chi connectivity index (χ0v) is 14.4. The number of thiophene rings is 1. The van der Waals surface area contributed by atoms with Gasteiger partial charge in [0.05, 0.1) is 18.2 Å². The van der Waals surface area contributed by atoms with Crippen LogP contribution in [0.25, 0.3) is 0 Å². The lowest BCUT2D eigenvalue weighted by molar-refractivity contribution is -0.150. The Balaban J connectivity index is 1.62. The number of amides is 3. The van der Waals surface area contributed by atoms with Crippen molar-refractivity contribution >= 4 is 29.2 Å². The smallest absolute Gasteiger partial charge is 0.344 e. The Morgan fingerprint density at radius 3 is 2.54 bits per heavy atom. The van der Waals surface area contributed by atoms with Gasteiger partial charge in [0.1, 0.15) is 5.75 Å². The highest BCUT2D eigenvalue weighted by Gasteiger charge is 2.11. The van der Waals surface area contributed by atoms with Crippen molar-refractivity contribution in [3.8, 4) is 11.8 Å². The SMILES string of the molecule is N#Cc1ccc(OCC(=O)OCC(=O)NC(=O)NCc2cccs2)cc1. The topological polar surface area (TPSA) is 118 Å². The Labute approximate surface area is 153 Å². The van der Waals surface area contributed by atoms with Crippen LogP contribution in [0, 0.1) is 11.3 Å². The maximum atomic E-state index is 11.5. The molecule has 0 radical (unpaired) electrons. The predicted molar refractivity (Wildman–Crippen MR) is 92.3 cm³/mol.